The van der Waals surface area contributed by atoms with Gasteiger partial charge in [0.1, 0.15) is 11.6 Å². The van der Waals surface area contributed by atoms with Gasteiger partial charge in [-0.25, -0.2) is 9.97 Å². The number of anilines is 1. The van der Waals surface area contributed by atoms with Gasteiger partial charge in [-0.05, 0) is 14.0 Å². The Morgan fingerprint density at radius 2 is 2.31 bits per heavy atom. The van der Waals surface area contributed by atoms with E-state index >= 15 is 0 Å². The summed E-state index contributed by atoms with van der Waals surface area (Å²) in [6.07, 6.45) is 0. The summed E-state index contributed by atoms with van der Waals surface area (Å²) >= 11 is 1.98. The molecule has 1 aliphatic rings. The van der Waals surface area contributed by atoms with E-state index in [0.717, 1.165) is 29.6 Å². The fourth-order valence-corrected chi connectivity index (χ4v) is 3.04. The van der Waals surface area contributed by atoms with E-state index in [9.17, 15) is 0 Å². The maximum atomic E-state index is 4.55. The number of hydrogen-bond donors (Lipinski definition) is 1. The first-order valence-electron chi connectivity index (χ1n) is 5.52. The summed E-state index contributed by atoms with van der Waals surface area (Å²) < 4.78 is 0. The number of nitrogens with one attached hydrogen (secondary N) is 1. The Hall–Kier alpha value is -0.810. The van der Waals surface area contributed by atoms with Crippen LogP contribution in [0.4, 0.5) is 5.82 Å². The third-order valence-corrected chi connectivity index (χ3v) is 3.84. The van der Waals surface area contributed by atoms with Crippen LogP contribution in [0.2, 0.25) is 0 Å². The smallest absolute Gasteiger partial charge is 0.148 e. The molecule has 1 aliphatic heterocycles. The Morgan fingerprint density at radius 1 is 1.50 bits per heavy atom. The van der Waals surface area contributed by atoms with Gasteiger partial charge in [0.25, 0.3) is 0 Å². The molecule has 1 unspecified atom stereocenters. The van der Waals surface area contributed by atoms with Crippen molar-refractivity contribution < 1.29 is 0 Å². The van der Waals surface area contributed by atoms with E-state index in [-0.39, 0.29) is 0 Å². The standard InChI is InChI=1S/C11H18N4S/c1-8-6-10(12-2)14-11(13-8)9-7-16-5-4-15(9)3/h6,9H,4-5,7H2,1-3H3,(H,12,13,14). The summed E-state index contributed by atoms with van der Waals surface area (Å²) in [6, 6.07) is 2.32. The molecule has 0 aliphatic carbocycles. The average Bonchev–Trinajstić information content (AvgIpc) is 2.28. The van der Waals surface area contributed by atoms with Crippen molar-refractivity contribution in [2.24, 2.45) is 0 Å². The molecule has 0 spiro atoms. The lowest BCUT2D eigenvalue weighted by Gasteiger charge is -2.31. The molecule has 1 aromatic heterocycles. The van der Waals surface area contributed by atoms with Crippen LogP contribution in [0.3, 0.4) is 0 Å². The van der Waals surface area contributed by atoms with Crippen molar-refractivity contribution in [3.8, 4) is 0 Å². The van der Waals surface area contributed by atoms with Crippen molar-refractivity contribution in [2.75, 3.05) is 37.5 Å². The van der Waals surface area contributed by atoms with Crippen LogP contribution in [0, 0.1) is 6.92 Å². The third-order valence-electron chi connectivity index (χ3n) is 2.82. The quantitative estimate of drug-likeness (QED) is 0.846. The zero-order valence-electron chi connectivity index (χ0n) is 10.0. The predicted octanol–water partition coefficient (Wildman–Crippen LogP) is 1.55. The lowest BCUT2D eigenvalue weighted by molar-refractivity contribution is 0.264. The molecule has 1 aromatic rings. The van der Waals surface area contributed by atoms with Crippen LogP contribution in [-0.4, -0.2) is 47.0 Å². The molecule has 1 fully saturated rings. The fraction of sp³-hybridized carbons (Fsp3) is 0.636. The molecule has 0 saturated carbocycles. The molecule has 0 radical (unpaired) electrons. The second kappa shape index (κ2) is 5.01. The molecule has 1 N–H and O–H groups in total. The zero-order chi connectivity index (χ0) is 11.5. The minimum atomic E-state index is 0.353. The number of aryl methyl sites for hydroxylation is 1. The van der Waals surface area contributed by atoms with Crippen molar-refractivity contribution in [3.05, 3.63) is 17.6 Å². The topological polar surface area (TPSA) is 41.1 Å². The molecule has 88 valence electrons. The van der Waals surface area contributed by atoms with E-state index in [2.05, 4.69) is 27.2 Å². The van der Waals surface area contributed by atoms with Crippen LogP contribution in [0.15, 0.2) is 6.07 Å². The van der Waals surface area contributed by atoms with Gasteiger partial charge in [-0.2, -0.15) is 11.8 Å². The molecular weight excluding hydrogens is 220 g/mol. The summed E-state index contributed by atoms with van der Waals surface area (Å²) in [5, 5.41) is 3.09. The zero-order valence-corrected chi connectivity index (χ0v) is 10.8. The second-order valence-corrected chi connectivity index (χ2v) is 5.22. The Morgan fingerprint density at radius 3 is 3.00 bits per heavy atom. The third kappa shape index (κ3) is 2.47. The first-order chi connectivity index (χ1) is 7.70. The van der Waals surface area contributed by atoms with Gasteiger partial charge in [0, 0.05) is 36.9 Å². The maximum Gasteiger partial charge on any atom is 0.148 e. The molecule has 0 aromatic carbocycles. The van der Waals surface area contributed by atoms with Crippen molar-refractivity contribution in [1.29, 1.82) is 0 Å². The first-order valence-corrected chi connectivity index (χ1v) is 6.67. The normalized spacial score (nSPS) is 22.1. The number of aromatic nitrogens is 2. The molecular formula is C11H18N4S. The number of hydrogen-bond acceptors (Lipinski definition) is 5. The predicted molar refractivity (Wildman–Crippen MR) is 69.0 cm³/mol. The molecule has 1 atom stereocenters. The maximum absolute atomic E-state index is 4.55. The lowest BCUT2D eigenvalue weighted by Crippen LogP contribution is -2.34. The molecule has 5 heteroatoms. The van der Waals surface area contributed by atoms with E-state index in [1.54, 1.807) is 0 Å². The molecule has 2 rings (SSSR count). The van der Waals surface area contributed by atoms with Crippen molar-refractivity contribution in [2.45, 2.75) is 13.0 Å². The fourth-order valence-electron chi connectivity index (χ4n) is 1.83. The lowest BCUT2D eigenvalue weighted by atomic mass is 10.2. The van der Waals surface area contributed by atoms with E-state index in [1.807, 2.05) is 31.8 Å². The molecule has 16 heavy (non-hydrogen) atoms. The van der Waals surface area contributed by atoms with Crippen LogP contribution >= 0.6 is 11.8 Å². The van der Waals surface area contributed by atoms with Gasteiger partial charge in [-0.1, -0.05) is 0 Å². The van der Waals surface area contributed by atoms with E-state index in [1.165, 1.54) is 5.75 Å². The van der Waals surface area contributed by atoms with Crippen molar-refractivity contribution in [3.63, 3.8) is 0 Å². The molecule has 1 saturated heterocycles. The Kier molecular flexibility index (Phi) is 3.66. The Balaban J connectivity index is 2.27. The van der Waals surface area contributed by atoms with Crippen LogP contribution in [-0.2, 0) is 0 Å². The summed E-state index contributed by atoms with van der Waals surface area (Å²) in [6.45, 7) is 3.13. The highest BCUT2D eigenvalue weighted by Crippen LogP contribution is 2.26. The summed E-state index contributed by atoms with van der Waals surface area (Å²) in [5.74, 6) is 4.14. The van der Waals surface area contributed by atoms with Crippen LogP contribution in [0.25, 0.3) is 0 Å². The highest BCUT2D eigenvalue weighted by Gasteiger charge is 2.23. The number of rotatable bonds is 2. The highest BCUT2D eigenvalue weighted by atomic mass is 32.2. The van der Waals surface area contributed by atoms with E-state index in [4.69, 9.17) is 0 Å². The Labute approximate surface area is 101 Å². The minimum Gasteiger partial charge on any atom is -0.373 e. The molecule has 0 bridgehead atoms. The highest BCUT2D eigenvalue weighted by molar-refractivity contribution is 7.99. The number of nitrogens with zero attached hydrogens (tertiary/aromatic N) is 3. The van der Waals surface area contributed by atoms with Crippen LogP contribution in [0.1, 0.15) is 17.6 Å². The molecule has 2 heterocycles. The summed E-state index contributed by atoms with van der Waals surface area (Å²) in [7, 11) is 4.04. The van der Waals surface area contributed by atoms with Gasteiger partial charge in [-0.15, -0.1) is 0 Å². The number of thioether (sulfide) groups is 1. The molecule has 4 nitrogen and oxygen atoms in total. The summed E-state index contributed by atoms with van der Waals surface area (Å²) in [4.78, 5) is 11.4. The largest absolute Gasteiger partial charge is 0.373 e. The van der Waals surface area contributed by atoms with E-state index in [0.29, 0.717) is 6.04 Å². The van der Waals surface area contributed by atoms with Gasteiger partial charge in [0.05, 0.1) is 6.04 Å². The molecule has 0 amide bonds. The van der Waals surface area contributed by atoms with Gasteiger partial charge >= 0.3 is 0 Å². The minimum absolute atomic E-state index is 0.353. The summed E-state index contributed by atoms with van der Waals surface area (Å²) in [5.41, 5.74) is 1.03. The van der Waals surface area contributed by atoms with Crippen LogP contribution < -0.4 is 5.32 Å². The SMILES string of the molecule is CNc1cc(C)nc(C2CSCCN2C)n1. The van der Waals surface area contributed by atoms with Gasteiger partial charge in [0.2, 0.25) is 0 Å². The van der Waals surface area contributed by atoms with Crippen molar-refractivity contribution in [1.82, 2.24) is 14.9 Å². The Bertz CT molecular complexity index is 369. The average molecular weight is 238 g/mol. The monoisotopic (exact) mass is 238 g/mol. The second-order valence-electron chi connectivity index (χ2n) is 4.07. The van der Waals surface area contributed by atoms with Gasteiger partial charge < -0.3 is 5.32 Å². The van der Waals surface area contributed by atoms with Gasteiger partial charge in [-0.3, -0.25) is 4.90 Å². The van der Waals surface area contributed by atoms with Crippen LogP contribution in [0.5, 0.6) is 0 Å². The van der Waals surface area contributed by atoms with Crippen molar-refractivity contribution >= 4 is 17.6 Å². The van der Waals surface area contributed by atoms with E-state index < -0.39 is 0 Å². The van der Waals surface area contributed by atoms with Gasteiger partial charge in [0.15, 0.2) is 0 Å². The first kappa shape index (κ1) is 11.7.